The van der Waals surface area contributed by atoms with Gasteiger partial charge in [0, 0.05) is 13.1 Å². The molecule has 8 nitrogen and oxygen atoms in total. The molecule has 3 aliphatic rings. The first-order valence-corrected chi connectivity index (χ1v) is 12.2. The van der Waals surface area contributed by atoms with Gasteiger partial charge in [0.1, 0.15) is 13.2 Å². The molecule has 2 heterocycles. The van der Waals surface area contributed by atoms with Crippen LogP contribution in [0, 0.1) is 0 Å². The Morgan fingerprint density at radius 2 is 1.87 bits per heavy atom. The number of ether oxygens (including phenoxy) is 3. The number of amides is 1. The molecule has 0 radical (unpaired) electrons. The van der Waals surface area contributed by atoms with E-state index in [1.165, 1.54) is 4.90 Å². The second kappa shape index (κ2) is 8.09. The Kier molecular flexibility index (Phi) is 5.65. The molecule has 0 N–H and O–H groups in total. The summed E-state index contributed by atoms with van der Waals surface area (Å²) in [5.74, 6) is 0.524. The predicted molar refractivity (Wildman–Crippen MR) is 108 cm³/mol. The monoisotopic (exact) mass is 437 g/mol. The third-order valence-electron chi connectivity index (χ3n) is 6.42. The average molecular weight is 438 g/mol. The van der Waals surface area contributed by atoms with Gasteiger partial charge in [0.15, 0.2) is 27.9 Å². The highest BCUT2D eigenvalue weighted by atomic mass is 32.2. The smallest absolute Gasteiger partial charge is 0.317 e. The van der Waals surface area contributed by atoms with Gasteiger partial charge in [-0.3, -0.25) is 9.59 Å². The third-order valence-corrected chi connectivity index (χ3v) is 8.17. The van der Waals surface area contributed by atoms with Gasteiger partial charge < -0.3 is 19.1 Å². The van der Waals surface area contributed by atoms with Crippen LogP contribution in [0.3, 0.4) is 0 Å². The summed E-state index contributed by atoms with van der Waals surface area (Å²) >= 11 is 0. The van der Waals surface area contributed by atoms with E-state index in [4.69, 9.17) is 14.2 Å². The number of rotatable bonds is 5. The molecule has 4 rings (SSSR count). The van der Waals surface area contributed by atoms with Crippen molar-refractivity contribution < 1.29 is 32.2 Å². The summed E-state index contributed by atoms with van der Waals surface area (Å²) in [6.07, 6.45) is 3.51. The first-order chi connectivity index (χ1) is 14.3. The molecule has 2 fully saturated rings. The number of benzene rings is 1. The van der Waals surface area contributed by atoms with E-state index in [2.05, 4.69) is 0 Å². The lowest BCUT2D eigenvalue weighted by atomic mass is 9.78. The highest BCUT2D eigenvalue weighted by molar-refractivity contribution is 7.91. The normalized spacial score (nSPS) is 23.7. The molecular weight excluding hydrogens is 410 g/mol. The fourth-order valence-electron chi connectivity index (χ4n) is 4.58. The van der Waals surface area contributed by atoms with E-state index in [9.17, 15) is 18.0 Å². The Bertz CT molecular complexity index is 937. The molecule has 1 aliphatic carbocycles. The molecule has 0 bridgehead atoms. The lowest BCUT2D eigenvalue weighted by molar-refractivity contribution is -0.157. The maximum absolute atomic E-state index is 13.1. The lowest BCUT2D eigenvalue weighted by Gasteiger charge is -2.29. The fourth-order valence-corrected chi connectivity index (χ4v) is 6.36. The van der Waals surface area contributed by atoms with Crippen molar-refractivity contribution in [2.75, 3.05) is 38.4 Å². The van der Waals surface area contributed by atoms with Gasteiger partial charge in [0.2, 0.25) is 0 Å². The van der Waals surface area contributed by atoms with Crippen molar-refractivity contribution in [3.05, 3.63) is 23.8 Å². The summed E-state index contributed by atoms with van der Waals surface area (Å²) < 4.78 is 40.0. The van der Waals surface area contributed by atoms with Crippen LogP contribution in [0.1, 0.15) is 37.7 Å². The second-order valence-electron chi connectivity index (χ2n) is 8.29. The molecule has 1 unspecified atom stereocenters. The van der Waals surface area contributed by atoms with Gasteiger partial charge in [-0.1, -0.05) is 18.9 Å². The van der Waals surface area contributed by atoms with Crippen molar-refractivity contribution in [2.24, 2.45) is 0 Å². The Morgan fingerprint density at radius 1 is 1.17 bits per heavy atom. The van der Waals surface area contributed by atoms with Gasteiger partial charge >= 0.3 is 5.97 Å². The topological polar surface area (TPSA) is 99.2 Å². The third kappa shape index (κ3) is 3.99. The van der Waals surface area contributed by atoms with Crippen molar-refractivity contribution in [3.8, 4) is 11.5 Å². The summed E-state index contributed by atoms with van der Waals surface area (Å²) in [6.45, 7) is 0.571. The van der Waals surface area contributed by atoms with Crippen molar-refractivity contribution in [1.82, 2.24) is 4.90 Å². The number of sulfone groups is 1. The summed E-state index contributed by atoms with van der Waals surface area (Å²) in [7, 11) is -1.53. The van der Waals surface area contributed by atoms with E-state index in [1.54, 1.807) is 7.05 Å². The first kappa shape index (κ1) is 21.0. The van der Waals surface area contributed by atoms with E-state index in [-0.39, 0.29) is 23.5 Å². The van der Waals surface area contributed by atoms with Crippen LogP contribution in [0.25, 0.3) is 0 Å². The summed E-state index contributed by atoms with van der Waals surface area (Å²) in [4.78, 5) is 27.0. The minimum atomic E-state index is -3.10. The first-order valence-electron chi connectivity index (χ1n) is 10.3. The molecule has 164 valence electrons. The zero-order valence-electron chi connectivity index (χ0n) is 17.1. The predicted octanol–water partition coefficient (Wildman–Crippen LogP) is 1.46. The van der Waals surface area contributed by atoms with Crippen LogP contribution < -0.4 is 9.47 Å². The van der Waals surface area contributed by atoms with Gasteiger partial charge in [-0.2, -0.15) is 0 Å². The fraction of sp³-hybridized carbons (Fsp3) is 0.619. The molecular formula is C21H27NO7S. The van der Waals surface area contributed by atoms with Crippen molar-refractivity contribution in [1.29, 1.82) is 0 Å². The molecule has 2 aliphatic heterocycles. The van der Waals surface area contributed by atoms with Crippen LogP contribution >= 0.6 is 0 Å². The number of esters is 1. The Labute approximate surface area is 176 Å². The maximum Gasteiger partial charge on any atom is 0.317 e. The van der Waals surface area contributed by atoms with Gasteiger partial charge in [-0.25, -0.2) is 8.42 Å². The molecule has 1 amide bonds. The maximum atomic E-state index is 13.1. The summed E-state index contributed by atoms with van der Waals surface area (Å²) in [5, 5.41) is 0. The highest BCUT2D eigenvalue weighted by Gasteiger charge is 2.45. The minimum absolute atomic E-state index is 0.0374. The van der Waals surface area contributed by atoms with Gasteiger partial charge in [0.05, 0.1) is 16.9 Å². The molecule has 0 spiro atoms. The van der Waals surface area contributed by atoms with Gasteiger partial charge in [-0.15, -0.1) is 0 Å². The van der Waals surface area contributed by atoms with E-state index >= 15 is 0 Å². The average Bonchev–Trinajstić information content (AvgIpc) is 3.38. The molecule has 1 atom stereocenters. The number of hydrogen-bond acceptors (Lipinski definition) is 7. The van der Waals surface area contributed by atoms with Gasteiger partial charge in [0.25, 0.3) is 5.91 Å². The molecule has 1 aromatic carbocycles. The van der Waals surface area contributed by atoms with Crippen molar-refractivity contribution in [2.45, 2.75) is 43.6 Å². The Hall–Kier alpha value is -2.29. The quantitative estimate of drug-likeness (QED) is 0.643. The lowest BCUT2D eigenvalue weighted by Crippen LogP contribution is -2.42. The SMILES string of the molecule is CN(C(=O)COC(=O)C1(c2ccc3c(c2)OCCO3)CCCC1)C1CCS(=O)(=O)C1. The van der Waals surface area contributed by atoms with E-state index in [0.29, 0.717) is 44.0 Å². The van der Waals surface area contributed by atoms with Crippen molar-refractivity contribution in [3.63, 3.8) is 0 Å². The van der Waals surface area contributed by atoms with Crippen molar-refractivity contribution >= 4 is 21.7 Å². The molecule has 1 aromatic rings. The zero-order chi connectivity index (χ0) is 21.4. The Balaban J connectivity index is 1.45. The number of nitrogens with zero attached hydrogens (tertiary/aromatic N) is 1. The number of carbonyl (C=O) groups excluding carboxylic acids is 2. The largest absolute Gasteiger partial charge is 0.486 e. The highest BCUT2D eigenvalue weighted by Crippen LogP contribution is 2.45. The van der Waals surface area contributed by atoms with E-state index in [0.717, 1.165) is 18.4 Å². The second-order valence-corrected chi connectivity index (χ2v) is 10.5. The number of hydrogen-bond donors (Lipinski definition) is 0. The number of carbonyl (C=O) groups is 2. The van der Waals surface area contributed by atoms with Crippen LogP contribution in [0.15, 0.2) is 18.2 Å². The number of fused-ring (bicyclic) bond motifs is 1. The minimum Gasteiger partial charge on any atom is -0.486 e. The molecule has 1 saturated carbocycles. The summed E-state index contributed by atoms with van der Waals surface area (Å²) in [5.41, 5.74) is 0.0164. The molecule has 1 saturated heterocycles. The standard InChI is InChI=1S/C21H27NO7S/c1-22(16-6-11-30(25,26)14-16)19(23)13-29-20(24)21(7-2-3-8-21)15-4-5-17-18(12-15)28-10-9-27-17/h4-5,12,16H,2-3,6-11,13-14H2,1H3. The Morgan fingerprint density at radius 3 is 2.53 bits per heavy atom. The van der Waals surface area contributed by atoms with Crippen LogP contribution in [-0.4, -0.2) is 69.6 Å². The van der Waals surface area contributed by atoms with Crippen LogP contribution in [-0.2, 0) is 29.6 Å². The number of likely N-dealkylation sites (N-methyl/N-ethyl adjacent to an activating group) is 1. The van der Waals surface area contributed by atoms with E-state index < -0.39 is 27.8 Å². The molecule has 30 heavy (non-hydrogen) atoms. The molecule has 0 aromatic heterocycles. The van der Waals surface area contributed by atoms with E-state index in [1.807, 2.05) is 18.2 Å². The summed E-state index contributed by atoms with van der Waals surface area (Å²) in [6, 6.07) is 5.17. The zero-order valence-corrected chi connectivity index (χ0v) is 17.9. The van der Waals surface area contributed by atoms with Crippen LogP contribution in [0.4, 0.5) is 0 Å². The molecule has 9 heteroatoms. The van der Waals surface area contributed by atoms with Crippen LogP contribution in [0.2, 0.25) is 0 Å². The van der Waals surface area contributed by atoms with Gasteiger partial charge in [-0.05, 0) is 37.0 Å². The van der Waals surface area contributed by atoms with Crippen LogP contribution in [0.5, 0.6) is 11.5 Å².